The van der Waals surface area contributed by atoms with Gasteiger partial charge in [-0.1, -0.05) is 5.16 Å². The van der Waals surface area contributed by atoms with Gasteiger partial charge in [-0.25, -0.2) is 0 Å². The molecule has 3 aliphatic heterocycles. The second-order valence-corrected chi connectivity index (χ2v) is 6.19. The summed E-state index contributed by atoms with van der Waals surface area (Å²) < 4.78 is 10.7. The number of aliphatic hydroxyl groups excluding tert-OH is 7. The molecule has 24 heavy (non-hydrogen) atoms. The molecule has 0 aromatic heterocycles. The summed E-state index contributed by atoms with van der Waals surface area (Å²) >= 11 is 0. The summed E-state index contributed by atoms with van der Waals surface area (Å²) in [5.41, 5.74) is 0.0943. The van der Waals surface area contributed by atoms with Crippen LogP contribution < -0.4 is 0 Å². The van der Waals surface area contributed by atoms with Gasteiger partial charge in [0, 0.05) is 0 Å². The van der Waals surface area contributed by atoms with Crippen molar-refractivity contribution in [3.8, 4) is 0 Å². The molecule has 1 spiro atoms. The van der Waals surface area contributed by atoms with E-state index in [-0.39, 0.29) is 12.1 Å². The fraction of sp³-hybridized carbons (Fsp3) is 0.923. The first-order chi connectivity index (χ1) is 11.3. The molecule has 11 nitrogen and oxygen atoms in total. The van der Waals surface area contributed by atoms with Crippen molar-refractivity contribution >= 4 is 5.71 Å². The van der Waals surface area contributed by atoms with E-state index in [0.29, 0.717) is 0 Å². The standard InChI is InChI=1S/C13H21NO10/c15-2-5-7(17)9(19)11(22-5)4-1-13(24-14-4)12(21)10(20)8(18)6(3-16)23-13/h5-12,15-21H,1-3H2/t5-,6+,7+,8+,9+,10-,11+,12-,13+/m0/s1. The van der Waals surface area contributed by atoms with Crippen molar-refractivity contribution < 1.29 is 50.1 Å². The zero-order valence-electron chi connectivity index (χ0n) is 12.5. The van der Waals surface area contributed by atoms with Crippen molar-refractivity contribution in [1.82, 2.24) is 0 Å². The highest BCUT2D eigenvalue weighted by molar-refractivity contribution is 5.91. The Labute approximate surface area is 136 Å². The Morgan fingerprint density at radius 1 is 0.917 bits per heavy atom. The third-order valence-corrected chi connectivity index (χ3v) is 4.65. The lowest BCUT2D eigenvalue weighted by Crippen LogP contribution is -2.65. The molecule has 2 saturated heterocycles. The smallest absolute Gasteiger partial charge is 0.271 e. The van der Waals surface area contributed by atoms with Crippen molar-refractivity contribution in [3.63, 3.8) is 0 Å². The van der Waals surface area contributed by atoms with Gasteiger partial charge in [0.2, 0.25) is 0 Å². The molecule has 0 bridgehead atoms. The first-order valence-electron chi connectivity index (χ1n) is 7.55. The van der Waals surface area contributed by atoms with Crippen LogP contribution in [0.1, 0.15) is 6.42 Å². The fourth-order valence-electron chi connectivity index (χ4n) is 3.21. The maximum atomic E-state index is 10.2. The predicted octanol–water partition coefficient (Wildman–Crippen LogP) is -4.59. The van der Waals surface area contributed by atoms with E-state index in [1.807, 2.05) is 0 Å². The van der Waals surface area contributed by atoms with Crippen LogP contribution in [0.4, 0.5) is 0 Å². The summed E-state index contributed by atoms with van der Waals surface area (Å²) in [5.74, 6) is -1.85. The van der Waals surface area contributed by atoms with E-state index in [1.54, 1.807) is 0 Å². The molecule has 0 amide bonds. The van der Waals surface area contributed by atoms with Crippen LogP contribution in [0.5, 0.6) is 0 Å². The lowest BCUT2D eigenvalue weighted by Gasteiger charge is -2.44. The largest absolute Gasteiger partial charge is 0.394 e. The molecule has 2 fully saturated rings. The number of rotatable bonds is 3. The molecule has 3 heterocycles. The average molecular weight is 351 g/mol. The predicted molar refractivity (Wildman–Crippen MR) is 73.6 cm³/mol. The quantitative estimate of drug-likeness (QED) is 0.261. The van der Waals surface area contributed by atoms with Crippen LogP contribution in [0.3, 0.4) is 0 Å². The first kappa shape index (κ1) is 17.9. The Bertz CT molecular complexity index is 501. The van der Waals surface area contributed by atoms with Gasteiger partial charge in [-0.2, -0.15) is 0 Å². The molecule has 3 rings (SSSR count). The molecule has 7 N–H and O–H groups in total. The number of aliphatic hydroxyl groups is 7. The SMILES string of the molecule is OC[C@@H]1O[C@H](C2=NO[C@@]3(C2)O[C@H](CO)[C@@H](O)[C@H](O)[C@@H]3O)[C@H](O)[C@@H]1O. The summed E-state index contributed by atoms with van der Waals surface area (Å²) in [7, 11) is 0. The van der Waals surface area contributed by atoms with Crippen LogP contribution in [0.15, 0.2) is 5.16 Å². The highest BCUT2D eigenvalue weighted by atomic mass is 16.8. The highest BCUT2D eigenvalue weighted by Gasteiger charge is 2.60. The molecule has 9 atom stereocenters. The van der Waals surface area contributed by atoms with E-state index in [4.69, 9.17) is 19.4 Å². The van der Waals surface area contributed by atoms with Gasteiger partial charge in [0.25, 0.3) is 5.79 Å². The van der Waals surface area contributed by atoms with E-state index in [1.165, 1.54) is 0 Å². The van der Waals surface area contributed by atoms with Crippen LogP contribution in [0.2, 0.25) is 0 Å². The van der Waals surface area contributed by atoms with Crippen molar-refractivity contribution in [3.05, 3.63) is 0 Å². The van der Waals surface area contributed by atoms with Gasteiger partial charge in [-0.05, 0) is 0 Å². The Morgan fingerprint density at radius 3 is 2.12 bits per heavy atom. The maximum absolute atomic E-state index is 10.2. The Hall–Kier alpha value is -0.890. The maximum Gasteiger partial charge on any atom is 0.271 e. The third-order valence-electron chi connectivity index (χ3n) is 4.65. The molecule has 0 aliphatic carbocycles. The van der Waals surface area contributed by atoms with Crippen molar-refractivity contribution in [2.45, 2.75) is 61.0 Å². The van der Waals surface area contributed by atoms with Crippen LogP contribution >= 0.6 is 0 Å². The summed E-state index contributed by atoms with van der Waals surface area (Å²) in [6.45, 7) is -1.14. The molecule has 0 saturated carbocycles. The summed E-state index contributed by atoms with van der Waals surface area (Å²) in [6.07, 6.45) is -11.1. The van der Waals surface area contributed by atoms with Gasteiger partial charge < -0.3 is 50.1 Å². The molecule has 0 aromatic rings. The zero-order valence-corrected chi connectivity index (χ0v) is 12.5. The third kappa shape index (κ3) is 2.62. The molecule has 0 radical (unpaired) electrons. The lowest BCUT2D eigenvalue weighted by atomic mass is 9.88. The van der Waals surface area contributed by atoms with Crippen LogP contribution in [0.25, 0.3) is 0 Å². The topological polar surface area (TPSA) is 182 Å². The highest BCUT2D eigenvalue weighted by Crippen LogP contribution is 2.39. The second-order valence-electron chi connectivity index (χ2n) is 6.19. The van der Waals surface area contributed by atoms with Crippen molar-refractivity contribution in [2.24, 2.45) is 5.16 Å². The Morgan fingerprint density at radius 2 is 1.54 bits per heavy atom. The number of nitrogens with zero attached hydrogens (tertiary/aromatic N) is 1. The van der Waals surface area contributed by atoms with Crippen molar-refractivity contribution in [1.29, 1.82) is 0 Å². The van der Waals surface area contributed by atoms with Crippen LogP contribution in [0, 0.1) is 0 Å². The minimum absolute atomic E-state index is 0.0943. The zero-order chi connectivity index (χ0) is 17.6. The minimum atomic E-state index is -1.85. The normalized spacial score (nSPS) is 51.7. The van der Waals surface area contributed by atoms with E-state index >= 15 is 0 Å². The first-order valence-corrected chi connectivity index (χ1v) is 7.55. The summed E-state index contributed by atoms with van der Waals surface area (Å²) in [5, 5.41) is 71.7. The van der Waals surface area contributed by atoms with Gasteiger partial charge in [-0.3, -0.25) is 0 Å². The van der Waals surface area contributed by atoms with Gasteiger partial charge in [-0.15, -0.1) is 0 Å². The minimum Gasteiger partial charge on any atom is -0.394 e. The molecule has 0 aromatic carbocycles. The number of oxime groups is 1. The second kappa shape index (κ2) is 6.44. The van der Waals surface area contributed by atoms with Crippen molar-refractivity contribution in [2.75, 3.05) is 13.2 Å². The van der Waals surface area contributed by atoms with E-state index in [2.05, 4.69) is 5.16 Å². The van der Waals surface area contributed by atoms with E-state index in [9.17, 15) is 30.6 Å². The molecule has 11 heteroatoms. The number of ether oxygens (including phenoxy) is 2. The lowest BCUT2D eigenvalue weighted by molar-refractivity contribution is -0.355. The summed E-state index contributed by atoms with van der Waals surface area (Å²) in [4.78, 5) is 5.12. The molecular weight excluding hydrogens is 330 g/mol. The van der Waals surface area contributed by atoms with Gasteiger partial charge >= 0.3 is 0 Å². The monoisotopic (exact) mass is 351 g/mol. The summed E-state index contributed by atoms with van der Waals surface area (Å²) in [6, 6.07) is 0. The number of hydrogen-bond acceptors (Lipinski definition) is 11. The van der Waals surface area contributed by atoms with Gasteiger partial charge in [0.05, 0.1) is 25.3 Å². The van der Waals surface area contributed by atoms with E-state index < -0.39 is 67.8 Å². The van der Waals surface area contributed by atoms with Gasteiger partial charge in [0.15, 0.2) is 6.10 Å². The fourth-order valence-corrected chi connectivity index (χ4v) is 3.21. The molecule has 3 aliphatic rings. The molecule has 138 valence electrons. The van der Waals surface area contributed by atoms with Crippen LogP contribution in [-0.2, 0) is 14.3 Å². The van der Waals surface area contributed by atoms with Crippen LogP contribution in [-0.4, -0.2) is 109 Å². The number of hydrogen-bond donors (Lipinski definition) is 7. The van der Waals surface area contributed by atoms with E-state index in [0.717, 1.165) is 0 Å². The van der Waals surface area contributed by atoms with Gasteiger partial charge in [0.1, 0.15) is 42.7 Å². The molecule has 0 unspecified atom stereocenters. The Kier molecular flexibility index (Phi) is 4.81. The Balaban J connectivity index is 1.76. The average Bonchev–Trinajstić information content (AvgIpc) is 3.12. The molecular formula is C13H21NO10.